The Kier molecular flexibility index (Phi) is 7.83. The Hall–Kier alpha value is -1.63. The number of carboxylic acids is 1. The van der Waals surface area contributed by atoms with E-state index in [0.29, 0.717) is 6.61 Å². The molecule has 2 unspecified atom stereocenters. The third-order valence-corrected chi connectivity index (χ3v) is 3.23. The molecule has 0 aliphatic rings. The molecule has 0 radical (unpaired) electrons. The van der Waals surface area contributed by atoms with Crippen LogP contribution in [0.5, 0.6) is 0 Å². The molecule has 0 saturated heterocycles. The van der Waals surface area contributed by atoms with Gasteiger partial charge in [0.15, 0.2) is 0 Å². The van der Waals surface area contributed by atoms with Gasteiger partial charge in [0.1, 0.15) is 0 Å². The summed E-state index contributed by atoms with van der Waals surface area (Å²) < 4.78 is 4.92. The molecule has 2 atom stereocenters. The molecule has 0 aliphatic carbocycles. The molecule has 0 spiro atoms. The Labute approximate surface area is 119 Å². The van der Waals surface area contributed by atoms with Crippen LogP contribution in [0.2, 0.25) is 0 Å². The normalized spacial score (nSPS) is 13.4. The van der Waals surface area contributed by atoms with Crippen molar-refractivity contribution in [2.24, 2.45) is 11.8 Å². The number of hydrogen-bond acceptors (Lipinski definition) is 4. The SMILES string of the molecule is COCCN(CC(=O)N(C)C)C(=O)C(C)C(C)C(=O)O. The van der Waals surface area contributed by atoms with Crippen molar-refractivity contribution < 1.29 is 24.2 Å². The minimum Gasteiger partial charge on any atom is -0.481 e. The molecule has 1 N–H and O–H groups in total. The van der Waals surface area contributed by atoms with Crippen molar-refractivity contribution in [1.29, 1.82) is 0 Å². The molecule has 0 aromatic heterocycles. The van der Waals surface area contributed by atoms with E-state index in [-0.39, 0.29) is 24.9 Å². The van der Waals surface area contributed by atoms with Gasteiger partial charge in [-0.15, -0.1) is 0 Å². The summed E-state index contributed by atoms with van der Waals surface area (Å²) in [5.74, 6) is -3.10. The maximum Gasteiger partial charge on any atom is 0.307 e. The fourth-order valence-corrected chi connectivity index (χ4v) is 1.49. The first-order valence-corrected chi connectivity index (χ1v) is 6.43. The number of nitrogens with zero attached hydrogens (tertiary/aromatic N) is 2. The number of carbonyl (C=O) groups is 3. The van der Waals surface area contributed by atoms with Gasteiger partial charge < -0.3 is 19.6 Å². The monoisotopic (exact) mass is 288 g/mol. The highest BCUT2D eigenvalue weighted by molar-refractivity contribution is 5.88. The van der Waals surface area contributed by atoms with Gasteiger partial charge in [-0.3, -0.25) is 14.4 Å². The van der Waals surface area contributed by atoms with Crippen molar-refractivity contribution in [3.63, 3.8) is 0 Å². The van der Waals surface area contributed by atoms with E-state index in [9.17, 15) is 14.4 Å². The average molecular weight is 288 g/mol. The standard InChI is InChI=1S/C13H24N2O5/c1-9(10(2)13(18)19)12(17)15(6-7-20-5)8-11(16)14(3)4/h9-10H,6-8H2,1-5H3,(H,18,19). The summed E-state index contributed by atoms with van der Waals surface area (Å²) in [6.45, 7) is 3.51. The van der Waals surface area contributed by atoms with Crippen LogP contribution in [0.3, 0.4) is 0 Å². The number of carbonyl (C=O) groups excluding carboxylic acids is 2. The van der Waals surface area contributed by atoms with Crippen LogP contribution in [-0.2, 0) is 19.1 Å². The number of amides is 2. The number of rotatable bonds is 8. The molecule has 116 valence electrons. The Morgan fingerprint density at radius 2 is 1.70 bits per heavy atom. The summed E-state index contributed by atoms with van der Waals surface area (Å²) in [7, 11) is 4.70. The topological polar surface area (TPSA) is 87.2 Å². The van der Waals surface area contributed by atoms with Crippen molar-refractivity contribution in [2.75, 3.05) is 40.9 Å². The fraction of sp³-hybridized carbons (Fsp3) is 0.769. The maximum absolute atomic E-state index is 12.3. The predicted molar refractivity (Wildman–Crippen MR) is 73.1 cm³/mol. The molecule has 0 rings (SSSR count). The number of methoxy groups -OCH3 is 1. The van der Waals surface area contributed by atoms with Gasteiger partial charge in [0.25, 0.3) is 0 Å². The van der Waals surface area contributed by atoms with Crippen LogP contribution < -0.4 is 0 Å². The predicted octanol–water partition coefficient (Wildman–Crippen LogP) is -0.0936. The first kappa shape index (κ1) is 18.4. The van der Waals surface area contributed by atoms with Crippen LogP contribution in [0.25, 0.3) is 0 Å². The van der Waals surface area contributed by atoms with E-state index in [1.807, 2.05) is 0 Å². The molecule has 0 fully saturated rings. The molecule has 0 aromatic rings. The second-order valence-electron chi connectivity index (χ2n) is 4.96. The third kappa shape index (κ3) is 5.56. The van der Waals surface area contributed by atoms with E-state index in [0.717, 1.165) is 0 Å². The van der Waals surface area contributed by atoms with E-state index >= 15 is 0 Å². The smallest absolute Gasteiger partial charge is 0.307 e. The molecule has 0 aliphatic heterocycles. The highest BCUT2D eigenvalue weighted by Gasteiger charge is 2.30. The van der Waals surface area contributed by atoms with E-state index in [4.69, 9.17) is 9.84 Å². The quantitative estimate of drug-likeness (QED) is 0.674. The lowest BCUT2D eigenvalue weighted by atomic mass is 9.94. The largest absolute Gasteiger partial charge is 0.481 e. The second kappa shape index (κ2) is 8.52. The van der Waals surface area contributed by atoms with E-state index in [1.54, 1.807) is 21.0 Å². The first-order valence-electron chi connectivity index (χ1n) is 6.43. The summed E-state index contributed by atoms with van der Waals surface area (Å²) in [6.07, 6.45) is 0. The van der Waals surface area contributed by atoms with E-state index in [2.05, 4.69) is 0 Å². The number of carboxylic acid groups (broad SMARTS) is 1. The summed E-state index contributed by atoms with van der Waals surface area (Å²) >= 11 is 0. The summed E-state index contributed by atoms with van der Waals surface area (Å²) in [6, 6.07) is 0. The Balaban J connectivity index is 4.87. The van der Waals surface area contributed by atoms with Gasteiger partial charge in [-0.1, -0.05) is 13.8 Å². The van der Waals surface area contributed by atoms with Gasteiger partial charge in [-0.25, -0.2) is 0 Å². The van der Waals surface area contributed by atoms with Crippen molar-refractivity contribution in [1.82, 2.24) is 9.80 Å². The van der Waals surface area contributed by atoms with Crippen LogP contribution in [0.15, 0.2) is 0 Å². The molecule has 0 bridgehead atoms. The van der Waals surface area contributed by atoms with Gasteiger partial charge in [-0.05, 0) is 0 Å². The van der Waals surface area contributed by atoms with Gasteiger partial charge >= 0.3 is 5.97 Å². The van der Waals surface area contributed by atoms with Gasteiger partial charge in [-0.2, -0.15) is 0 Å². The van der Waals surface area contributed by atoms with Crippen LogP contribution in [0.4, 0.5) is 0 Å². The molecule has 7 heteroatoms. The summed E-state index contributed by atoms with van der Waals surface area (Å²) in [4.78, 5) is 37.7. The van der Waals surface area contributed by atoms with E-state index in [1.165, 1.54) is 23.8 Å². The molecule has 2 amide bonds. The van der Waals surface area contributed by atoms with Crippen molar-refractivity contribution in [2.45, 2.75) is 13.8 Å². The van der Waals surface area contributed by atoms with Crippen molar-refractivity contribution >= 4 is 17.8 Å². The van der Waals surface area contributed by atoms with Gasteiger partial charge in [0.2, 0.25) is 11.8 Å². The number of hydrogen-bond donors (Lipinski definition) is 1. The van der Waals surface area contributed by atoms with Crippen LogP contribution in [0.1, 0.15) is 13.8 Å². The zero-order valence-corrected chi connectivity index (χ0v) is 12.8. The highest BCUT2D eigenvalue weighted by atomic mass is 16.5. The lowest BCUT2D eigenvalue weighted by molar-refractivity contribution is -0.150. The zero-order chi connectivity index (χ0) is 15.9. The van der Waals surface area contributed by atoms with Crippen molar-refractivity contribution in [3.8, 4) is 0 Å². The third-order valence-electron chi connectivity index (χ3n) is 3.23. The van der Waals surface area contributed by atoms with Crippen LogP contribution >= 0.6 is 0 Å². The fourth-order valence-electron chi connectivity index (χ4n) is 1.49. The Bertz CT molecular complexity index is 357. The van der Waals surface area contributed by atoms with E-state index < -0.39 is 17.8 Å². The molecule has 0 saturated carbocycles. The first-order chi connectivity index (χ1) is 9.22. The molecule has 20 heavy (non-hydrogen) atoms. The maximum atomic E-state index is 12.3. The van der Waals surface area contributed by atoms with Crippen LogP contribution in [-0.4, -0.2) is 73.6 Å². The minimum absolute atomic E-state index is 0.0775. The Morgan fingerprint density at radius 3 is 2.10 bits per heavy atom. The molecule has 0 heterocycles. The van der Waals surface area contributed by atoms with Gasteiger partial charge in [0, 0.05) is 33.7 Å². The van der Waals surface area contributed by atoms with Crippen LogP contribution in [0, 0.1) is 11.8 Å². The lowest BCUT2D eigenvalue weighted by Gasteiger charge is -2.27. The average Bonchev–Trinajstić information content (AvgIpc) is 2.40. The highest BCUT2D eigenvalue weighted by Crippen LogP contribution is 2.14. The molecule has 0 aromatic carbocycles. The molecule has 7 nitrogen and oxygen atoms in total. The number of likely N-dealkylation sites (N-methyl/N-ethyl adjacent to an activating group) is 1. The number of ether oxygens (including phenoxy) is 1. The second-order valence-corrected chi connectivity index (χ2v) is 4.96. The molecular weight excluding hydrogens is 264 g/mol. The zero-order valence-electron chi connectivity index (χ0n) is 12.8. The Morgan fingerprint density at radius 1 is 1.15 bits per heavy atom. The lowest BCUT2D eigenvalue weighted by Crippen LogP contribution is -2.45. The number of aliphatic carboxylic acids is 1. The minimum atomic E-state index is -1.03. The van der Waals surface area contributed by atoms with Crippen molar-refractivity contribution in [3.05, 3.63) is 0 Å². The summed E-state index contributed by atoms with van der Waals surface area (Å²) in [5.41, 5.74) is 0. The molecular formula is C13H24N2O5. The van der Waals surface area contributed by atoms with Gasteiger partial charge in [0.05, 0.1) is 19.1 Å². The summed E-state index contributed by atoms with van der Waals surface area (Å²) in [5, 5.41) is 8.96.